The largest absolute Gasteiger partial charge is 0.316 e. The molecule has 0 amide bonds. The van der Waals surface area contributed by atoms with E-state index in [4.69, 9.17) is 0 Å². The second kappa shape index (κ2) is 6.72. The van der Waals surface area contributed by atoms with Gasteiger partial charge in [-0.15, -0.1) is 0 Å². The summed E-state index contributed by atoms with van der Waals surface area (Å²) in [5.41, 5.74) is 1.44. The maximum absolute atomic E-state index is 3.54. The van der Waals surface area contributed by atoms with Gasteiger partial charge in [-0.1, -0.05) is 47.8 Å². The lowest BCUT2D eigenvalue weighted by atomic mass is 9.77. The lowest BCUT2D eigenvalue weighted by Crippen LogP contribution is -2.37. The molecule has 1 fully saturated rings. The van der Waals surface area contributed by atoms with Crippen LogP contribution in [0.4, 0.5) is 0 Å². The molecule has 0 radical (unpaired) electrons. The Morgan fingerprint density at radius 1 is 1.28 bits per heavy atom. The van der Waals surface area contributed by atoms with Crippen molar-refractivity contribution in [3.8, 4) is 0 Å². The molecule has 0 saturated heterocycles. The highest BCUT2D eigenvalue weighted by Gasteiger charge is 2.25. The van der Waals surface area contributed by atoms with Gasteiger partial charge in [0.25, 0.3) is 0 Å². The monoisotopic (exact) mass is 309 g/mol. The maximum atomic E-state index is 3.54. The minimum atomic E-state index is 0.633. The van der Waals surface area contributed by atoms with E-state index in [1.165, 1.54) is 35.7 Å². The quantitative estimate of drug-likeness (QED) is 0.869. The predicted molar refractivity (Wildman–Crippen MR) is 81.8 cm³/mol. The van der Waals surface area contributed by atoms with Gasteiger partial charge in [-0.05, 0) is 55.8 Å². The van der Waals surface area contributed by atoms with E-state index in [1.807, 2.05) is 0 Å². The van der Waals surface area contributed by atoms with Crippen LogP contribution in [-0.2, 0) is 6.42 Å². The molecule has 1 N–H and O–H groups in total. The summed E-state index contributed by atoms with van der Waals surface area (Å²) in [6.45, 7) is 2.40. The fourth-order valence-corrected chi connectivity index (χ4v) is 3.49. The van der Waals surface area contributed by atoms with Crippen LogP contribution >= 0.6 is 15.9 Å². The van der Waals surface area contributed by atoms with Crippen LogP contribution in [0.15, 0.2) is 28.7 Å². The fourth-order valence-electron chi connectivity index (χ4n) is 3.23. The van der Waals surface area contributed by atoms with E-state index in [2.05, 4.69) is 59.5 Å². The molecule has 0 spiro atoms. The molecule has 2 rings (SSSR count). The number of hydrogen-bond donors (Lipinski definition) is 1. The minimum Gasteiger partial charge on any atom is -0.316 e. The molecule has 0 bridgehead atoms. The van der Waals surface area contributed by atoms with Crippen molar-refractivity contribution in [1.82, 2.24) is 5.32 Å². The highest BCUT2D eigenvalue weighted by atomic mass is 79.9. The molecule has 100 valence electrons. The summed E-state index contributed by atoms with van der Waals surface area (Å²) in [5.74, 6) is 1.76. The highest BCUT2D eigenvalue weighted by molar-refractivity contribution is 9.10. The maximum Gasteiger partial charge on any atom is 0.0175 e. The molecule has 1 nitrogen and oxygen atoms in total. The molecule has 0 aliphatic heterocycles. The third-order valence-corrected chi connectivity index (χ3v) is 4.81. The number of halogens is 1. The molecule has 3 atom stereocenters. The molecule has 1 aliphatic rings. The second-order valence-corrected chi connectivity index (χ2v) is 6.67. The minimum absolute atomic E-state index is 0.633. The molecule has 2 heteroatoms. The van der Waals surface area contributed by atoms with Crippen LogP contribution in [0.25, 0.3) is 0 Å². The van der Waals surface area contributed by atoms with E-state index in [1.54, 1.807) is 0 Å². The van der Waals surface area contributed by atoms with E-state index >= 15 is 0 Å². The van der Waals surface area contributed by atoms with Crippen molar-refractivity contribution in [2.75, 3.05) is 7.05 Å². The van der Waals surface area contributed by atoms with Crippen LogP contribution < -0.4 is 5.32 Å². The molecule has 1 saturated carbocycles. The third-order valence-electron chi connectivity index (χ3n) is 4.29. The molecule has 0 aromatic heterocycles. The van der Waals surface area contributed by atoms with Gasteiger partial charge in [-0.25, -0.2) is 0 Å². The first kappa shape index (κ1) is 14.1. The number of nitrogens with one attached hydrogen (secondary N) is 1. The Morgan fingerprint density at radius 3 is 2.61 bits per heavy atom. The molecular weight excluding hydrogens is 286 g/mol. The SMILES string of the molecule is CNC(Cc1ccc(Br)cc1)C1CCCC(C)C1. The van der Waals surface area contributed by atoms with Crippen LogP contribution in [0.2, 0.25) is 0 Å². The van der Waals surface area contributed by atoms with Crippen LogP contribution in [-0.4, -0.2) is 13.1 Å². The van der Waals surface area contributed by atoms with Crippen LogP contribution in [0, 0.1) is 11.8 Å². The zero-order valence-corrected chi connectivity index (χ0v) is 13.0. The second-order valence-electron chi connectivity index (χ2n) is 5.76. The summed E-state index contributed by atoms with van der Waals surface area (Å²) in [7, 11) is 2.11. The van der Waals surface area contributed by atoms with Crippen LogP contribution in [0.3, 0.4) is 0 Å². The first-order valence-electron chi connectivity index (χ1n) is 7.10. The summed E-state index contributed by atoms with van der Waals surface area (Å²) in [5, 5.41) is 3.54. The van der Waals surface area contributed by atoms with Gasteiger partial charge in [0.05, 0.1) is 0 Å². The lowest BCUT2D eigenvalue weighted by molar-refractivity contribution is 0.227. The molecular formula is C16H24BrN. The van der Waals surface area contributed by atoms with Crippen molar-refractivity contribution in [2.45, 2.75) is 45.1 Å². The van der Waals surface area contributed by atoms with E-state index in [0.29, 0.717) is 6.04 Å². The Bertz CT molecular complexity index is 360. The Balaban J connectivity index is 1.98. The zero-order valence-electron chi connectivity index (χ0n) is 11.5. The summed E-state index contributed by atoms with van der Waals surface area (Å²) in [6.07, 6.45) is 6.77. The predicted octanol–water partition coefficient (Wildman–Crippen LogP) is 4.41. The average molecular weight is 310 g/mol. The summed E-state index contributed by atoms with van der Waals surface area (Å²) in [6, 6.07) is 9.40. The number of rotatable bonds is 4. The molecule has 18 heavy (non-hydrogen) atoms. The zero-order chi connectivity index (χ0) is 13.0. The molecule has 0 heterocycles. The van der Waals surface area contributed by atoms with Crippen molar-refractivity contribution in [1.29, 1.82) is 0 Å². The standard InChI is InChI=1S/C16H24BrN/c1-12-4-3-5-14(10-12)16(18-2)11-13-6-8-15(17)9-7-13/h6-9,12,14,16,18H,3-5,10-11H2,1-2H3. The molecule has 1 aromatic rings. The summed E-state index contributed by atoms with van der Waals surface area (Å²) in [4.78, 5) is 0. The van der Waals surface area contributed by atoms with Gasteiger partial charge < -0.3 is 5.32 Å². The Labute approximate surface area is 119 Å². The van der Waals surface area contributed by atoms with Crippen molar-refractivity contribution in [3.63, 3.8) is 0 Å². The average Bonchev–Trinajstić information content (AvgIpc) is 2.38. The van der Waals surface area contributed by atoms with E-state index < -0.39 is 0 Å². The first-order chi connectivity index (χ1) is 8.69. The Hall–Kier alpha value is -0.340. The van der Waals surface area contributed by atoms with E-state index in [-0.39, 0.29) is 0 Å². The first-order valence-corrected chi connectivity index (χ1v) is 7.90. The van der Waals surface area contributed by atoms with Gasteiger partial charge in [0.1, 0.15) is 0 Å². The van der Waals surface area contributed by atoms with Gasteiger partial charge in [-0.3, -0.25) is 0 Å². The number of hydrogen-bond acceptors (Lipinski definition) is 1. The van der Waals surface area contributed by atoms with Crippen LogP contribution in [0.1, 0.15) is 38.2 Å². The Morgan fingerprint density at radius 2 is 2.00 bits per heavy atom. The van der Waals surface area contributed by atoms with E-state index in [9.17, 15) is 0 Å². The molecule has 1 aromatic carbocycles. The van der Waals surface area contributed by atoms with Crippen molar-refractivity contribution >= 4 is 15.9 Å². The molecule has 1 aliphatic carbocycles. The Kier molecular flexibility index (Phi) is 5.25. The smallest absolute Gasteiger partial charge is 0.0175 e. The van der Waals surface area contributed by atoms with Crippen molar-refractivity contribution < 1.29 is 0 Å². The van der Waals surface area contributed by atoms with Crippen LogP contribution in [0.5, 0.6) is 0 Å². The highest BCUT2D eigenvalue weighted by Crippen LogP contribution is 2.31. The fraction of sp³-hybridized carbons (Fsp3) is 0.625. The normalized spacial score (nSPS) is 25.9. The third kappa shape index (κ3) is 3.83. The van der Waals surface area contributed by atoms with Gasteiger partial charge in [0, 0.05) is 10.5 Å². The van der Waals surface area contributed by atoms with Gasteiger partial charge in [0.2, 0.25) is 0 Å². The summed E-state index contributed by atoms with van der Waals surface area (Å²) >= 11 is 3.50. The van der Waals surface area contributed by atoms with Gasteiger partial charge in [0.15, 0.2) is 0 Å². The van der Waals surface area contributed by atoms with Gasteiger partial charge >= 0.3 is 0 Å². The summed E-state index contributed by atoms with van der Waals surface area (Å²) < 4.78 is 1.17. The number of likely N-dealkylation sites (N-methyl/N-ethyl adjacent to an activating group) is 1. The van der Waals surface area contributed by atoms with Crippen molar-refractivity contribution in [2.24, 2.45) is 11.8 Å². The van der Waals surface area contributed by atoms with E-state index in [0.717, 1.165) is 18.3 Å². The lowest BCUT2D eigenvalue weighted by Gasteiger charge is -2.33. The molecule has 3 unspecified atom stereocenters. The number of benzene rings is 1. The van der Waals surface area contributed by atoms with Crippen molar-refractivity contribution in [3.05, 3.63) is 34.3 Å². The van der Waals surface area contributed by atoms with Gasteiger partial charge in [-0.2, -0.15) is 0 Å². The topological polar surface area (TPSA) is 12.0 Å².